The number of aromatic nitrogens is 2. The molecule has 1 aromatic heterocycles. The van der Waals surface area contributed by atoms with Crippen molar-refractivity contribution in [3.05, 3.63) is 42.2 Å². The minimum absolute atomic E-state index is 0.303. The molecule has 1 amide bonds. The van der Waals surface area contributed by atoms with E-state index in [4.69, 9.17) is 5.73 Å². The van der Waals surface area contributed by atoms with Gasteiger partial charge in [-0.15, -0.1) is 0 Å². The molecular weight excluding hydrogens is 288 g/mol. The van der Waals surface area contributed by atoms with E-state index in [0.717, 1.165) is 11.1 Å². The molecule has 1 saturated heterocycles. The molecule has 3 rings (SSSR count). The van der Waals surface area contributed by atoms with Gasteiger partial charge >= 0.3 is 0 Å². The summed E-state index contributed by atoms with van der Waals surface area (Å²) in [7, 11) is 0. The maximum Gasteiger partial charge on any atom is 0.219 e. The molecule has 5 nitrogen and oxygen atoms in total. The van der Waals surface area contributed by atoms with Crippen molar-refractivity contribution in [1.29, 1.82) is 0 Å². The van der Waals surface area contributed by atoms with Crippen LogP contribution in [0.3, 0.4) is 0 Å². The van der Waals surface area contributed by atoms with Gasteiger partial charge in [-0.1, -0.05) is 24.3 Å². The van der Waals surface area contributed by atoms with Crippen LogP contribution in [0.5, 0.6) is 0 Å². The molecule has 23 heavy (non-hydrogen) atoms. The molecule has 0 bridgehead atoms. The molecule has 2 heterocycles. The topological polar surface area (TPSA) is 64.2 Å². The first-order valence-electron chi connectivity index (χ1n) is 8.28. The zero-order valence-electron chi connectivity index (χ0n) is 13.6. The van der Waals surface area contributed by atoms with Crippen LogP contribution in [-0.4, -0.2) is 33.7 Å². The Morgan fingerprint density at radius 2 is 1.91 bits per heavy atom. The number of aryl methyl sites for hydroxylation is 1. The largest absolute Gasteiger partial charge is 0.370 e. The normalized spacial score (nSPS) is 16.6. The van der Waals surface area contributed by atoms with E-state index < -0.39 is 0 Å². The lowest BCUT2D eigenvalue weighted by molar-refractivity contribution is -0.118. The number of primary amides is 1. The van der Waals surface area contributed by atoms with Gasteiger partial charge in [-0.2, -0.15) is 5.10 Å². The number of nitrogens with zero attached hydrogens (tertiary/aromatic N) is 3. The first-order chi connectivity index (χ1) is 11.1. The van der Waals surface area contributed by atoms with Crippen LogP contribution < -0.4 is 5.73 Å². The van der Waals surface area contributed by atoms with Gasteiger partial charge in [-0.25, -0.2) is 0 Å². The zero-order valence-corrected chi connectivity index (χ0v) is 13.6. The average molecular weight is 312 g/mol. The standard InChI is InChI=1S/C18H24N4O/c1-14(21-9-2-3-10-21)15-4-6-16(7-5-15)17-12-20-22(13-17)11-8-18(19)23/h4-7,12-14H,2-3,8-11H2,1H3,(H2,19,23). The summed E-state index contributed by atoms with van der Waals surface area (Å²) in [6.07, 6.45) is 6.73. The highest BCUT2D eigenvalue weighted by Gasteiger charge is 2.19. The summed E-state index contributed by atoms with van der Waals surface area (Å²) in [5, 5.41) is 4.29. The maximum atomic E-state index is 10.8. The van der Waals surface area contributed by atoms with Gasteiger partial charge in [0.05, 0.1) is 6.20 Å². The van der Waals surface area contributed by atoms with Crippen LogP contribution in [0.25, 0.3) is 11.1 Å². The number of rotatable bonds is 6. The first kappa shape index (κ1) is 15.7. The lowest BCUT2D eigenvalue weighted by Gasteiger charge is -2.24. The van der Waals surface area contributed by atoms with Gasteiger partial charge in [0.25, 0.3) is 0 Å². The quantitative estimate of drug-likeness (QED) is 0.891. The number of nitrogens with two attached hydrogens (primary N) is 1. The van der Waals surface area contributed by atoms with Crippen molar-refractivity contribution in [1.82, 2.24) is 14.7 Å². The minimum Gasteiger partial charge on any atom is -0.370 e. The number of amides is 1. The Morgan fingerprint density at radius 1 is 1.22 bits per heavy atom. The summed E-state index contributed by atoms with van der Waals surface area (Å²) in [5.74, 6) is -0.303. The molecule has 1 fully saturated rings. The third-order valence-corrected chi connectivity index (χ3v) is 4.64. The molecular formula is C18H24N4O. The molecule has 1 aromatic carbocycles. The Morgan fingerprint density at radius 3 is 2.57 bits per heavy atom. The molecule has 0 aliphatic carbocycles. The lowest BCUT2D eigenvalue weighted by Crippen LogP contribution is -2.23. The van der Waals surface area contributed by atoms with Crippen LogP contribution in [0.2, 0.25) is 0 Å². The second kappa shape index (κ2) is 6.96. The van der Waals surface area contributed by atoms with E-state index in [1.807, 2.05) is 12.4 Å². The van der Waals surface area contributed by atoms with E-state index in [2.05, 4.69) is 41.2 Å². The van der Waals surface area contributed by atoms with Crippen LogP contribution >= 0.6 is 0 Å². The van der Waals surface area contributed by atoms with Crippen LogP contribution in [0.15, 0.2) is 36.7 Å². The first-order valence-corrected chi connectivity index (χ1v) is 8.28. The van der Waals surface area contributed by atoms with Crippen molar-refractivity contribution in [2.75, 3.05) is 13.1 Å². The zero-order chi connectivity index (χ0) is 16.2. The summed E-state index contributed by atoms with van der Waals surface area (Å²) in [6, 6.07) is 9.19. The van der Waals surface area contributed by atoms with Gasteiger partial charge in [0.1, 0.15) is 0 Å². The highest BCUT2D eigenvalue weighted by molar-refractivity contribution is 5.73. The Hall–Kier alpha value is -2.14. The molecule has 1 atom stereocenters. The highest BCUT2D eigenvalue weighted by Crippen LogP contribution is 2.27. The van der Waals surface area contributed by atoms with E-state index in [1.54, 1.807) is 4.68 Å². The maximum absolute atomic E-state index is 10.8. The van der Waals surface area contributed by atoms with E-state index in [0.29, 0.717) is 19.0 Å². The number of carbonyl (C=O) groups excluding carboxylic acids is 1. The monoisotopic (exact) mass is 312 g/mol. The SMILES string of the molecule is CC(c1ccc(-c2cnn(CCC(N)=O)c2)cc1)N1CCCC1. The van der Waals surface area contributed by atoms with Crippen molar-refractivity contribution in [2.45, 2.75) is 38.8 Å². The smallest absolute Gasteiger partial charge is 0.219 e. The van der Waals surface area contributed by atoms with Gasteiger partial charge in [0.15, 0.2) is 0 Å². The fourth-order valence-corrected chi connectivity index (χ4v) is 3.15. The molecule has 2 aromatic rings. The number of hydrogen-bond acceptors (Lipinski definition) is 3. The fraction of sp³-hybridized carbons (Fsp3) is 0.444. The predicted octanol–water partition coefficient (Wildman–Crippen LogP) is 2.58. The van der Waals surface area contributed by atoms with Crippen molar-refractivity contribution < 1.29 is 4.79 Å². The van der Waals surface area contributed by atoms with Crippen molar-refractivity contribution in [2.24, 2.45) is 5.73 Å². The second-order valence-corrected chi connectivity index (χ2v) is 6.25. The molecule has 0 spiro atoms. The summed E-state index contributed by atoms with van der Waals surface area (Å²) < 4.78 is 1.76. The van der Waals surface area contributed by atoms with Gasteiger partial charge in [-0.05, 0) is 44.0 Å². The molecule has 1 unspecified atom stereocenters. The molecule has 2 N–H and O–H groups in total. The van der Waals surface area contributed by atoms with Crippen molar-refractivity contribution >= 4 is 5.91 Å². The number of hydrogen-bond donors (Lipinski definition) is 1. The average Bonchev–Trinajstić information content (AvgIpc) is 3.24. The molecule has 0 saturated carbocycles. The summed E-state index contributed by atoms with van der Waals surface area (Å²) in [6.45, 7) is 5.21. The third kappa shape index (κ3) is 3.79. The lowest BCUT2D eigenvalue weighted by atomic mass is 10.0. The number of benzene rings is 1. The predicted molar refractivity (Wildman–Crippen MR) is 90.7 cm³/mol. The van der Waals surface area contributed by atoms with Crippen molar-refractivity contribution in [3.63, 3.8) is 0 Å². The Labute approximate surface area is 137 Å². The molecule has 1 aliphatic rings. The van der Waals surface area contributed by atoms with Crippen LogP contribution in [0, 0.1) is 0 Å². The van der Waals surface area contributed by atoms with E-state index in [1.165, 1.54) is 31.5 Å². The summed E-state index contributed by atoms with van der Waals surface area (Å²) in [4.78, 5) is 13.4. The molecule has 5 heteroatoms. The van der Waals surface area contributed by atoms with E-state index in [9.17, 15) is 4.79 Å². The van der Waals surface area contributed by atoms with Gasteiger partial charge in [0, 0.05) is 30.8 Å². The van der Waals surface area contributed by atoms with E-state index in [-0.39, 0.29) is 5.91 Å². The van der Waals surface area contributed by atoms with Gasteiger partial charge < -0.3 is 5.73 Å². The summed E-state index contributed by atoms with van der Waals surface area (Å²) >= 11 is 0. The van der Waals surface area contributed by atoms with E-state index >= 15 is 0 Å². The number of likely N-dealkylation sites (tertiary alicyclic amines) is 1. The third-order valence-electron chi connectivity index (χ3n) is 4.64. The Balaban J connectivity index is 1.68. The molecule has 0 radical (unpaired) electrons. The molecule has 122 valence electrons. The minimum atomic E-state index is -0.303. The fourth-order valence-electron chi connectivity index (χ4n) is 3.15. The van der Waals surface area contributed by atoms with Gasteiger partial charge in [0.2, 0.25) is 5.91 Å². The van der Waals surface area contributed by atoms with Crippen LogP contribution in [-0.2, 0) is 11.3 Å². The Bertz CT molecular complexity index is 656. The second-order valence-electron chi connectivity index (χ2n) is 6.25. The van der Waals surface area contributed by atoms with Crippen LogP contribution in [0.1, 0.15) is 37.8 Å². The summed E-state index contributed by atoms with van der Waals surface area (Å²) in [5.41, 5.74) is 8.74. The Kier molecular flexibility index (Phi) is 4.76. The van der Waals surface area contributed by atoms with Gasteiger partial charge in [-0.3, -0.25) is 14.4 Å². The van der Waals surface area contributed by atoms with Crippen molar-refractivity contribution in [3.8, 4) is 11.1 Å². The highest BCUT2D eigenvalue weighted by atomic mass is 16.1. The number of carbonyl (C=O) groups is 1. The van der Waals surface area contributed by atoms with Crippen LogP contribution in [0.4, 0.5) is 0 Å². The molecule has 1 aliphatic heterocycles.